The lowest BCUT2D eigenvalue weighted by Crippen LogP contribution is -2.13. The van der Waals surface area contributed by atoms with Crippen molar-refractivity contribution in [2.45, 2.75) is 12.5 Å². The average Bonchev–Trinajstić information content (AvgIpc) is 3.32. The van der Waals surface area contributed by atoms with E-state index in [9.17, 15) is 0 Å². The molecule has 1 aromatic heterocycles. The molecule has 0 fully saturated rings. The van der Waals surface area contributed by atoms with Crippen molar-refractivity contribution in [3.8, 4) is 11.1 Å². The van der Waals surface area contributed by atoms with Gasteiger partial charge in [0.2, 0.25) is 0 Å². The summed E-state index contributed by atoms with van der Waals surface area (Å²) >= 11 is 1.88. The molecular weight excluding hydrogens is 454 g/mol. The van der Waals surface area contributed by atoms with Crippen LogP contribution in [-0.2, 0) is 6.42 Å². The van der Waals surface area contributed by atoms with E-state index in [4.69, 9.17) is 5.73 Å². The van der Waals surface area contributed by atoms with Crippen LogP contribution in [-0.4, -0.2) is 0 Å². The van der Waals surface area contributed by atoms with Gasteiger partial charge in [-0.15, -0.1) is 11.3 Å². The van der Waals surface area contributed by atoms with Crippen LogP contribution in [0, 0.1) is 0 Å². The van der Waals surface area contributed by atoms with E-state index in [-0.39, 0.29) is 6.04 Å². The number of fused-ring (bicyclic) bond motifs is 7. The summed E-state index contributed by atoms with van der Waals surface area (Å²) in [5, 5.41) is 7.96. The van der Waals surface area contributed by atoms with Gasteiger partial charge in [0.1, 0.15) is 0 Å². The fraction of sp³-hybridized carbons (Fsp3) is 0.0588. The maximum absolute atomic E-state index is 6.52. The largest absolute Gasteiger partial charge is 0.324 e. The van der Waals surface area contributed by atoms with Crippen LogP contribution in [0.15, 0.2) is 121 Å². The molecule has 0 aliphatic heterocycles. The third-order valence-electron chi connectivity index (χ3n) is 7.28. The minimum atomic E-state index is -0.00717. The molecule has 0 saturated heterocycles. The van der Waals surface area contributed by atoms with Gasteiger partial charge >= 0.3 is 0 Å². The van der Waals surface area contributed by atoms with E-state index in [1.165, 1.54) is 64.0 Å². The third-order valence-corrected chi connectivity index (χ3v) is 8.42. The molecule has 36 heavy (non-hydrogen) atoms. The number of thiophene rings is 1. The molecule has 0 saturated carbocycles. The predicted octanol–water partition coefficient (Wildman–Crippen LogP) is 9.27. The van der Waals surface area contributed by atoms with Crippen molar-refractivity contribution >= 4 is 53.1 Å². The molecule has 7 rings (SSSR count). The van der Waals surface area contributed by atoms with Crippen molar-refractivity contribution in [1.82, 2.24) is 0 Å². The van der Waals surface area contributed by atoms with Crippen molar-refractivity contribution < 1.29 is 0 Å². The van der Waals surface area contributed by atoms with Gasteiger partial charge in [0.25, 0.3) is 0 Å². The zero-order chi connectivity index (χ0) is 24.1. The minimum Gasteiger partial charge on any atom is -0.324 e. The van der Waals surface area contributed by atoms with Crippen molar-refractivity contribution in [1.29, 1.82) is 0 Å². The summed E-state index contributed by atoms with van der Waals surface area (Å²) in [6, 6.07) is 43.9. The van der Waals surface area contributed by atoms with E-state index in [1.54, 1.807) is 0 Å². The second-order valence-corrected chi connectivity index (χ2v) is 10.6. The van der Waals surface area contributed by atoms with Crippen molar-refractivity contribution in [3.63, 3.8) is 0 Å². The summed E-state index contributed by atoms with van der Waals surface area (Å²) in [6.07, 6.45) is 0.819. The first kappa shape index (κ1) is 21.3. The van der Waals surface area contributed by atoms with Crippen molar-refractivity contribution in [3.05, 3.63) is 132 Å². The fourth-order valence-corrected chi connectivity index (χ4v) is 6.61. The molecule has 7 aromatic rings. The smallest absolute Gasteiger partial charge is 0.0362 e. The zero-order valence-corrected chi connectivity index (χ0v) is 20.6. The highest BCUT2D eigenvalue weighted by atomic mass is 32.1. The van der Waals surface area contributed by atoms with E-state index < -0.39 is 0 Å². The number of hydrogen-bond donors (Lipinski definition) is 1. The lowest BCUT2D eigenvalue weighted by molar-refractivity contribution is 0.722. The Bertz CT molecular complexity index is 1880. The number of nitrogens with two attached hydrogens (primary N) is 1. The van der Waals surface area contributed by atoms with Gasteiger partial charge in [-0.1, -0.05) is 103 Å². The standard InChI is InChI=1S/C34H25NS/c35-30(23-8-2-1-3-9-23)20-22-7-6-10-25(19-22)26-15-17-28-27(21-26)14-13-24-16-18-32-34(33(24)28)29-11-4-5-12-31(29)36-32/h1-19,21,30H,20,35H2/t30-/m1/s1. The first-order chi connectivity index (χ1) is 17.7. The summed E-state index contributed by atoms with van der Waals surface area (Å²) in [7, 11) is 0. The quantitative estimate of drug-likeness (QED) is 0.250. The van der Waals surface area contributed by atoms with E-state index in [2.05, 4.69) is 115 Å². The molecule has 0 aliphatic rings. The van der Waals surface area contributed by atoms with Crippen molar-refractivity contribution in [2.24, 2.45) is 5.73 Å². The Kier molecular flexibility index (Phi) is 5.09. The molecule has 172 valence electrons. The maximum Gasteiger partial charge on any atom is 0.0362 e. The van der Waals surface area contributed by atoms with E-state index in [0.717, 1.165) is 6.42 Å². The van der Waals surface area contributed by atoms with Crippen LogP contribution in [0.5, 0.6) is 0 Å². The van der Waals surface area contributed by atoms with Crippen LogP contribution in [0.4, 0.5) is 0 Å². The number of benzene rings is 6. The average molecular weight is 480 g/mol. The normalized spacial score (nSPS) is 12.6. The minimum absolute atomic E-state index is 0.00717. The lowest BCUT2D eigenvalue weighted by atomic mass is 9.93. The van der Waals surface area contributed by atoms with Gasteiger partial charge in [-0.05, 0) is 68.4 Å². The zero-order valence-electron chi connectivity index (χ0n) is 19.8. The molecule has 2 heteroatoms. The summed E-state index contributed by atoms with van der Waals surface area (Å²) < 4.78 is 2.70. The molecular formula is C34H25NS. The second kappa shape index (κ2) is 8.60. The number of hydrogen-bond acceptors (Lipinski definition) is 2. The molecule has 0 spiro atoms. The molecule has 0 amide bonds. The highest BCUT2D eigenvalue weighted by molar-refractivity contribution is 7.26. The molecule has 0 radical (unpaired) electrons. The predicted molar refractivity (Wildman–Crippen MR) is 157 cm³/mol. The van der Waals surface area contributed by atoms with Crippen LogP contribution in [0.1, 0.15) is 17.2 Å². The van der Waals surface area contributed by atoms with E-state index in [0.29, 0.717) is 0 Å². The highest BCUT2D eigenvalue weighted by Gasteiger charge is 2.12. The first-order valence-corrected chi connectivity index (χ1v) is 13.2. The van der Waals surface area contributed by atoms with E-state index in [1.807, 2.05) is 17.4 Å². The number of rotatable bonds is 4. The molecule has 0 aliphatic carbocycles. The highest BCUT2D eigenvalue weighted by Crippen LogP contribution is 2.41. The molecule has 1 atom stereocenters. The monoisotopic (exact) mass is 479 g/mol. The Morgan fingerprint density at radius 2 is 1.33 bits per heavy atom. The topological polar surface area (TPSA) is 26.0 Å². The van der Waals surface area contributed by atoms with Crippen LogP contribution < -0.4 is 5.73 Å². The lowest BCUT2D eigenvalue weighted by Gasteiger charge is -2.13. The first-order valence-electron chi connectivity index (χ1n) is 12.4. The van der Waals surface area contributed by atoms with Gasteiger partial charge in [0.15, 0.2) is 0 Å². The Balaban J connectivity index is 1.33. The van der Waals surface area contributed by atoms with Gasteiger partial charge in [-0.2, -0.15) is 0 Å². The van der Waals surface area contributed by atoms with Gasteiger partial charge in [0, 0.05) is 26.2 Å². The Hall–Kier alpha value is -3.98. The van der Waals surface area contributed by atoms with Gasteiger partial charge in [0.05, 0.1) is 0 Å². The van der Waals surface area contributed by atoms with Gasteiger partial charge < -0.3 is 5.73 Å². The molecule has 2 N–H and O–H groups in total. The van der Waals surface area contributed by atoms with Crippen LogP contribution in [0.25, 0.3) is 52.8 Å². The molecule has 1 heterocycles. The van der Waals surface area contributed by atoms with E-state index >= 15 is 0 Å². The molecule has 0 unspecified atom stereocenters. The fourth-order valence-electron chi connectivity index (χ4n) is 5.50. The summed E-state index contributed by atoms with van der Waals surface area (Å²) in [4.78, 5) is 0. The molecule has 6 aromatic carbocycles. The summed E-state index contributed by atoms with van der Waals surface area (Å²) in [5.74, 6) is 0. The molecule has 0 bridgehead atoms. The second-order valence-electron chi connectivity index (χ2n) is 9.56. The molecule has 1 nitrogen and oxygen atoms in total. The van der Waals surface area contributed by atoms with Crippen LogP contribution in [0.3, 0.4) is 0 Å². The maximum atomic E-state index is 6.52. The summed E-state index contributed by atoms with van der Waals surface area (Å²) in [5.41, 5.74) is 11.4. The Morgan fingerprint density at radius 3 is 2.25 bits per heavy atom. The van der Waals surface area contributed by atoms with Gasteiger partial charge in [-0.3, -0.25) is 0 Å². The van der Waals surface area contributed by atoms with Crippen molar-refractivity contribution in [2.75, 3.05) is 0 Å². The third kappa shape index (κ3) is 3.58. The Labute approximate surface area is 214 Å². The van der Waals surface area contributed by atoms with Crippen LogP contribution >= 0.6 is 11.3 Å². The Morgan fingerprint density at radius 1 is 0.556 bits per heavy atom. The SMILES string of the molecule is N[C@H](Cc1cccc(-c2ccc3c(ccc4ccc5sc6ccccc6c5c43)c2)c1)c1ccccc1. The van der Waals surface area contributed by atoms with Gasteiger partial charge in [-0.25, -0.2) is 0 Å². The summed E-state index contributed by atoms with van der Waals surface area (Å²) in [6.45, 7) is 0. The van der Waals surface area contributed by atoms with Crippen LogP contribution in [0.2, 0.25) is 0 Å².